The van der Waals surface area contributed by atoms with Gasteiger partial charge in [0.1, 0.15) is 23.4 Å². The zero-order valence-corrected chi connectivity index (χ0v) is 24.3. The highest BCUT2D eigenvalue weighted by atomic mass is 16.6. The van der Waals surface area contributed by atoms with Gasteiger partial charge in [-0.15, -0.1) is 0 Å². The number of nitrogens with two attached hydrogens (primary N) is 1. The van der Waals surface area contributed by atoms with Crippen LogP contribution in [0.2, 0.25) is 0 Å². The van der Waals surface area contributed by atoms with Gasteiger partial charge in [-0.25, -0.2) is 4.79 Å². The Labute approximate surface area is 233 Å². The number of nitrogens with zero attached hydrogens (tertiary/aromatic N) is 1. The van der Waals surface area contributed by atoms with Gasteiger partial charge in [-0.2, -0.15) is 0 Å². The average Bonchev–Trinajstić information content (AvgIpc) is 2.84. The summed E-state index contributed by atoms with van der Waals surface area (Å²) in [5.41, 5.74) is 5.00. The zero-order chi connectivity index (χ0) is 29.4. The van der Waals surface area contributed by atoms with Crippen LogP contribution >= 0.6 is 0 Å². The zero-order valence-electron chi connectivity index (χ0n) is 24.3. The number of benzene rings is 1. The molecule has 0 fully saturated rings. The van der Waals surface area contributed by atoms with Crippen LogP contribution in [0.25, 0.3) is 0 Å². The lowest BCUT2D eigenvalue weighted by atomic mass is 10.0. The predicted octanol–water partition coefficient (Wildman–Crippen LogP) is 4.31. The fourth-order valence-corrected chi connectivity index (χ4v) is 4.12. The number of hydrogen-bond donors (Lipinski definition) is 4. The molecule has 0 radical (unpaired) electrons. The van der Waals surface area contributed by atoms with Gasteiger partial charge in [0.15, 0.2) is 0 Å². The molecule has 0 spiro atoms. The molecule has 0 aliphatic heterocycles. The second kappa shape index (κ2) is 17.3. The first kappa shape index (κ1) is 33.7. The predicted molar refractivity (Wildman–Crippen MR) is 151 cm³/mol. The number of phenolic OH excluding ortho intramolecular Hbond substituents is 1. The lowest BCUT2D eigenvalue weighted by molar-refractivity contribution is -0.142. The van der Waals surface area contributed by atoms with E-state index in [0.29, 0.717) is 18.5 Å². The van der Waals surface area contributed by atoms with Crippen LogP contribution < -0.4 is 16.4 Å². The molecule has 0 aliphatic carbocycles. The van der Waals surface area contributed by atoms with Crippen LogP contribution in [0.3, 0.4) is 0 Å². The van der Waals surface area contributed by atoms with Crippen molar-refractivity contribution >= 4 is 23.8 Å². The van der Waals surface area contributed by atoms with Crippen LogP contribution in [0.1, 0.15) is 104 Å². The topological polar surface area (TPSA) is 151 Å². The third-order valence-corrected chi connectivity index (χ3v) is 6.03. The van der Waals surface area contributed by atoms with Crippen LogP contribution in [0, 0.1) is 0 Å². The van der Waals surface area contributed by atoms with Gasteiger partial charge < -0.3 is 31.1 Å². The van der Waals surface area contributed by atoms with E-state index in [1.807, 2.05) is 0 Å². The van der Waals surface area contributed by atoms with E-state index in [1.165, 1.54) is 17.0 Å². The monoisotopic (exact) mass is 548 g/mol. The standard InChI is InChI=1S/C29H48N4O6/c1-6-8-10-12-19-33(27(37)23(16-17-24(30)35)32-28(38)39-29(3,4)5)25(21-14-13-15-22(34)20-21)26(36)31-18-11-9-7-2/h13-15,20,23,25,34H,6-12,16-19H2,1-5H3,(H2,30,35)(H,31,36)(H,32,38). The van der Waals surface area contributed by atoms with Crippen LogP contribution in [-0.2, 0) is 19.1 Å². The molecule has 39 heavy (non-hydrogen) atoms. The van der Waals surface area contributed by atoms with Crippen molar-refractivity contribution in [3.05, 3.63) is 29.8 Å². The van der Waals surface area contributed by atoms with Crippen molar-refractivity contribution in [1.29, 1.82) is 0 Å². The van der Waals surface area contributed by atoms with Gasteiger partial charge in [0.25, 0.3) is 0 Å². The van der Waals surface area contributed by atoms with Crippen molar-refractivity contribution < 1.29 is 29.0 Å². The maximum absolute atomic E-state index is 14.1. The lowest BCUT2D eigenvalue weighted by Crippen LogP contribution is -2.53. The molecule has 0 saturated heterocycles. The van der Waals surface area contributed by atoms with Gasteiger partial charge in [-0.3, -0.25) is 14.4 Å². The molecule has 1 rings (SSSR count). The Morgan fingerprint density at radius 1 is 1.03 bits per heavy atom. The molecule has 5 N–H and O–H groups in total. The maximum Gasteiger partial charge on any atom is 0.408 e. The fourth-order valence-electron chi connectivity index (χ4n) is 4.12. The van der Waals surface area contributed by atoms with Crippen LogP contribution in [0.4, 0.5) is 4.79 Å². The first-order chi connectivity index (χ1) is 18.4. The highest BCUT2D eigenvalue weighted by Crippen LogP contribution is 2.27. The third-order valence-electron chi connectivity index (χ3n) is 6.03. The quantitative estimate of drug-likeness (QED) is 0.213. The Morgan fingerprint density at radius 2 is 1.69 bits per heavy atom. The number of carbonyl (C=O) groups is 4. The van der Waals surface area contributed by atoms with E-state index < -0.39 is 35.6 Å². The number of amides is 4. The summed E-state index contributed by atoms with van der Waals surface area (Å²) in [7, 11) is 0. The van der Waals surface area contributed by atoms with Crippen molar-refractivity contribution in [1.82, 2.24) is 15.5 Å². The van der Waals surface area contributed by atoms with Crippen LogP contribution in [0.15, 0.2) is 24.3 Å². The number of rotatable bonds is 17. The molecule has 220 valence electrons. The van der Waals surface area contributed by atoms with E-state index in [0.717, 1.165) is 38.5 Å². The molecular formula is C29H48N4O6. The Balaban J connectivity index is 3.44. The summed E-state index contributed by atoms with van der Waals surface area (Å²) >= 11 is 0. The van der Waals surface area contributed by atoms with Crippen LogP contribution in [0.5, 0.6) is 5.75 Å². The number of hydrogen-bond acceptors (Lipinski definition) is 6. The number of phenols is 1. The molecule has 1 aromatic carbocycles. The number of nitrogens with one attached hydrogen (secondary N) is 2. The van der Waals surface area contributed by atoms with E-state index in [9.17, 15) is 24.3 Å². The van der Waals surface area contributed by atoms with Crippen molar-refractivity contribution in [2.45, 2.75) is 110 Å². The molecule has 10 nitrogen and oxygen atoms in total. The van der Waals surface area contributed by atoms with Gasteiger partial charge in [-0.1, -0.05) is 58.1 Å². The van der Waals surface area contributed by atoms with Crippen LogP contribution in [-0.4, -0.2) is 58.6 Å². The summed E-state index contributed by atoms with van der Waals surface area (Å²) in [6, 6.07) is 4.05. The van der Waals surface area contributed by atoms with E-state index in [1.54, 1.807) is 32.9 Å². The fraction of sp³-hybridized carbons (Fsp3) is 0.655. The van der Waals surface area contributed by atoms with Gasteiger partial charge in [0.2, 0.25) is 17.7 Å². The molecule has 10 heteroatoms. The van der Waals surface area contributed by atoms with Gasteiger partial charge in [-0.05, 0) is 57.7 Å². The van der Waals surface area contributed by atoms with Gasteiger partial charge >= 0.3 is 6.09 Å². The normalized spacial score (nSPS) is 12.7. The summed E-state index contributed by atoms with van der Waals surface area (Å²) in [5.74, 6) is -1.57. The Kier molecular flexibility index (Phi) is 15.0. The first-order valence-electron chi connectivity index (χ1n) is 14.0. The molecule has 0 bridgehead atoms. The number of aromatic hydroxyl groups is 1. The molecule has 0 heterocycles. The maximum atomic E-state index is 14.1. The SMILES string of the molecule is CCCCCCN(C(=O)C(CCC(N)=O)NC(=O)OC(C)(C)C)C(C(=O)NCCCCC)c1cccc(O)c1. The average molecular weight is 549 g/mol. The smallest absolute Gasteiger partial charge is 0.408 e. The highest BCUT2D eigenvalue weighted by Gasteiger charge is 2.36. The molecular weight excluding hydrogens is 500 g/mol. The second-order valence-corrected chi connectivity index (χ2v) is 10.8. The molecule has 4 amide bonds. The van der Waals surface area contributed by atoms with E-state index in [-0.39, 0.29) is 31.0 Å². The molecule has 0 saturated carbocycles. The summed E-state index contributed by atoms with van der Waals surface area (Å²) in [4.78, 5) is 53.3. The highest BCUT2D eigenvalue weighted by molar-refractivity contribution is 5.92. The number of unbranched alkanes of at least 4 members (excludes halogenated alkanes) is 5. The van der Waals surface area contributed by atoms with Gasteiger partial charge in [0.05, 0.1) is 0 Å². The minimum absolute atomic E-state index is 0.0353. The molecule has 1 aromatic rings. The first-order valence-corrected chi connectivity index (χ1v) is 14.0. The summed E-state index contributed by atoms with van der Waals surface area (Å²) < 4.78 is 5.35. The Hall–Kier alpha value is -3.30. The van der Waals surface area contributed by atoms with Crippen molar-refractivity contribution in [3.63, 3.8) is 0 Å². The van der Waals surface area contributed by atoms with Crippen molar-refractivity contribution in [2.75, 3.05) is 13.1 Å². The third kappa shape index (κ3) is 13.4. The summed E-state index contributed by atoms with van der Waals surface area (Å²) in [6.07, 6.45) is 5.16. The lowest BCUT2D eigenvalue weighted by Gasteiger charge is -2.34. The number of ether oxygens (including phenoxy) is 1. The molecule has 2 unspecified atom stereocenters. The summed E-state index contributed by atoms with van der Waals surface area (Å²) in [5, 5.41) is 15.7. The van der Waals surface area contributed by atoms with Crippen molar-refractivity contribution in [3.8, 4) is 5.75 Å². The summed E-state index contributed by atoms with van der Waals surface area (Å²) in [6.45, 7) is 9.94. The second-order valence-electron chi connectivity index (χ2n) is 10.8. The molecule has 0 aromatic heterocycles. The minimum Gasteiger partial charge on any atom is -0.508 e. The largest absolute Gasteiger partial charge is 0.508 e. The Morgan fingerprint density at radius 3 is 2.28 bits per heavy atom. The molecule has 0 aliphatic rings. The van der Waals surface area contributed by atoms with Gasteiger partial charge in [0, 0.05) is 19.5 Å². The molecule has 2 atom stereocenters. The van der Waals surface area contributed by atoms with E-state index >= 15 is 0 Å². The van der Waals surface area contributed by atoms with E-state index in [4.69, 9.17) is 10.5 Å². The number of carbonyl (C=O) groups excluding carboxylic acids is 4. The van der Waals surface area contributed by atoms with Crippen molar-refractivity contribution in [2.24, 2.45) is 5.73 Å². The minimum atomic E-state index is -1.15. The number of alkyl carbamates (subject to hydrolysis) is 1. The van der Waals surface area contributed by atoms with E-state index in [2.05, 4.69) is 24.5 Å². The number of primary amides is 1. The Bertz CT molecular complexity index is 931.